The van der Waals surface area contributed by atoms with E-state index in [2.05, 4.69) is 42.5 Å². The highest BCUT2D eigenvalue weighted by Gasteiger charge is 2.11. The van der Waals surface area contributed by atoms with Crippen LogP contribution in [0.2, 0.25) is 0 Å². The molecule has 2 heteroatoms. The minimum absolute atomic E-state index is 0.471. The molecule has 2 N–H and O–H groups in total. The van der Waals surface area contributed by atoms with E-state index in [-0.39, 0.29) is 0 Å². The lowest BCUT2D eigenvalue weighted by molar-refractivity contribution is 0.414. The van der Waals surface area contributed by atoms with Crippen LogP contribution in [0.15, 0.2) is 54.6 Å². The molecule has 0 bridgehead atoms. The van der Waals surface area contributed by atoms with Crippen molar-refractivity contribution in [2.24, 2.45) is 5.73 Å². The highest BCUT2D eigenvalue weighted by atomic mass is 16.5. The van der Waals surface area contributed by atoms with Gasteiger partial charge in [-0.2, -0.15) is 0 Å². The quantitative estimate of drug-likeness (QED) is 0.859. The van der Waals surface area contributed by atoms with E-state index in [0.29, 0.717) is 12.5 Å². The van der Waals surface area contributed by atoms with Gasteiger partial charge < -0.3 is 10.5 Å². The van der Waals surface area contributed by atoms with Crippen molar-refractivity contribution in [1.82, 2.24) is 0 Å². The Bertz CT molecular complexity index is 478. The molecule has 0 spiro atoms. The Balaban J connectivity index is 2.14. The fourth-order valence-corrected chi connectivity index (χ4v) is 2.36. The van der Waals surface area contributed by atoms with Crippen LogP contribution >= 0.6 is 0 Å². The van der Waals surface area contributed by atoms with Crippen LogP contribution in [0.25, 0.3) is 0 Å². The fourth-order valence-electron chi connectivity index (χ4n) is 2.36. The van der Waals surface area contributed by atoms with E-state index >= 15 is 0 Å². The maximum Gasteiger partial charge on any atom is 0.118 e. The monoisotopic (exact) mass is 255 g/mol. The normalized spacial score (nSPS) is 12.1. The Labute approximate surface area is 115 Å². The second-order valence-electron chi connectivity index (χ2n) is 4.74. The molecule has 0 aliphatic carbocycles. The lowest BCUT2D eigenvalue weighted by atomic mass is 9.89. The summed E-state index contributed by atoms with van der Waals surface area (Å²) in [6, 6.07) is 18.9. The molecule has 0 radical (unpaired) electrons. The molecule has 0 saturated carbocycles. The summed E-state index contributed by atoms with van der Waals surface area (Å²) >= 11 is 0. The standard InChI is InChI=1S/C17H21NO/c1-19-17-9-7-15(8-10-17)16(11-12-18)13-14-5-3-2-4-6-14/h2-10,16H,11-13,18H2,1H3/t16-/m0/s1. The zero-order valence-electron chi connectivity index (χ0n) is 11.4. The van der Waals surface area contributed by atoms with Crippen molar-refractivity contribution in [1.29, 1.82) is 0 Å². The number of rotatable bonds is 6. The Morgan fingerprint density at radius 2 is 1.68 bits per heavy atom. The maximum absolute atomic E-state index is 5.75. The number of hydrogen-bond acceptors (Lipinski definition) is 2. The molecule has 0 heterocycles. The molecule has 0 aromatic heterocycles. The first-order valence-corrected chi connectivity index (χ1v) is 6.71. The van der Waals surface area contributed by atoms with Gasteiger partial charge in [0, 0.05) is 0 Å². The van der Waals surface area contributed by atoms with Crippen molar-refractivity contribution in [3.63, 3.8) is 0 Å². The molecule has 100 valence electrons. The lowest BCUT2D eigenvalue weighted by Gasteiger charge is -2.17. The van der Waals surface area contributed by atoms with Crippen LogP contribution in [0.4, 0.5) is 0 Å². The van der Waals surface area contributed by atoms with Crippen LogP contribution in [0, 0.1) is 0 Å². The van der Waals surface area contributed by atoms with Gasteiger partial charge in [0.25, 0.3) is 0 Å². The third kappa shape index (κ3) is 3.83. The topological polar surface area (TPSA) is 35.2 Å². The number of ether oxygens (including phenoxy) is 1. The van der Waals surface area contributed by atoms with Crippen LogP contribution < -0.4 is 10.5 Å². The molecule has 2 rings (SSSR count). The predicted octanol–water partition coefficient (Wildman–Crippen LogP) is 3.37. The van der Waals surface area contributed by atoms with Crippen LogP contribution in [0.5, 0.6) is 5.75 Å². The van der Waals surface area contributed by atoms with Crippen molar-refractivity contribution in [3.8, 4) is 5.75 Å². The third-order valence-electron chi connectivity index (χ3n) is 3.43. The first kappa shape index (κ1) is 13.6. The van der Waals surface area contributed by atoms with E-state index < -0.39 is 0 Å². The van der Waals surface area contributed by atoms with Gasteiger partial charge >= 0.3 is 0 Å². The van der Waals surface area contributed by atoms with Gasteiger partial charge in [-0.25, -0.2) is 0 Å². The molecule has 0 fully saturated rings. The molecular weight excluding hydrogens is 234 g/mol. The van der Waals surface area contributed by atoms with Gasteiger partial charge in [0.1, 0.15) is 5.75 Å². The smallest absolute Gasteiger partial charge is 0.118 e. The van der Waals surface area contributed by atoms with Gasteiger partial charge in [-0.3, -0.25) is 0 Å². The first-order chi connectivity index (χ1) is 9.33. The zero-order chi connectivity index (χ0) is 13.5. The Hall–Kier alpha value is -1.80. The summed E-state index contributed by atoms with van der Waals surface area (Å²) in [6.07, 6.45) is 2.03. The molecule has 19 heavy (non-hydrogen) atoms. The summed E-state index contributed by atoms with van der Waals surface area (Å²) in [6.45, 7) is 0.712. The molecule has 0 saturated heterocycles. The number of nitrogens with two attached hydrogens (primary N) is 1. The SMILES string of the molecule is COc1ccc([C@@H](CCN)Cc2ccccc2)cc1. The summed E-state index contributed by atoms with van der Waals surface area (Å²) < 4.78 is 5.20. The van der Waals surface area contributed by atoms with Crippen LogP contribution in [-0.2, 0) is 6.42 Å². The van der Waals surface area contributed by atoms with Crippen molar-refractivity contribution in [3.05, 3.63) is 65.7 Å². The zero-order valence-corrected chi connectivity index (χ0v) is 11.4. The number of benzene rings is 2. The number of methoxy groups -OCH3 is 1. The molecule has 0 amide bonds. The second-order valence-corrected chi connectivity index (χ2v) is 4.74. The summed E-state index contributed by atoms with van der Waals surface area (Å²) in [7, 11) is 1.69. The van der Waals surface area contributed by atoms with Crippen LogP contribution in [0.3, 0.4) is 0 Å². The van der Waals surface area contributed by atoms with Gasteiger partial charge in [0.15, 0.2) is 0 Å². The summed E-state index contributed by atoms with van der Waals surface area (Å²) in [4.78, 5) is 0. The van der Waals surface area contributed by atoms with Crippen molar-refractivity contribution >= 4 is 0 Å². The van der Waals surface area contributed by atoms with Gasteiger partial charge in [0.05, 0.1) is 7.11 Å². The molecule has 2 aromatic rings. The van der Waals surface area contributed by atoms with Gasteiger partial charge in [-0.15, -0.1) is 0 Å². The van der Waals surface area contributed by atoms with Gasteiger partial charge in [-0.05, 0) is 48.6 Å². The lowest BCUT2D eigenvalue weighted by Crippen LogP contribution is -2.10. The van der Waals surface area contributed by atoms with Gasteiger partial charge in [0.2, 0.25) is 0 Å². The van der Waals surface area contributed by atoms with Crippen molar-refractivity contribution in [2.45, 2.75) is 18.8 Å². The first-order valence-electron chi connectivity index (χ1n) is 6.71. The summed E-state index contributed by atoms with van der Waals surface area (Å²) in [5, 5.41) is 0. The van der Waals surface area contributed by atoms with Crippen LogP contribution in [-0.4, -0.2) is 13.7 Å². The van der Waals surface area contributed by atoms with E-state index in [0.717, 1.165) is 18.6 Å². The van der Waals surface area contributed by atoms with Gasteiger partial charge in [-0.1, -0.05) is 42.5 Å². The van der Waals surface area contributed by atoms with E-state index in [1.54, 1.807) is 7.11 Å². The summed E-state index contributed by atoms with van der Waals surface area (Å²) in [5.74, 6) is 1.37. The van der Waals surface area contributed by atoms with Crippen LogP contribution in [0.1, 0.15) is 23.5 Å². The average molecular weight is 255 g/mol. The molecule has 2 nitrogen and oxygen atoms in total. The molecule has 0 aliphatic heterocycles. The Kier molecular flexibility index (Phi) is 4.99. The molecule has 0 unspecified atom stereocenters. The van der Waals surface area contributed by atoms with Crippen molar-refractivity contribution < 1.29 is 4.74 Å². The largest absolute Gasteiger partial charge is 0.497 e. The molecule has 0 aliphatic rings. The Morgan fingerprint density at radius 3 is 2.26 bits per heavy atom. The molecular formula is C17H21NO. The minimum Gasteiger partial charge on any atom is -0.497 e. The average Bonchev–Trinajstić information content (AvgIpc) is 2.48. The van der Waals surface area contributed by atoms with E-state index in [1.807, 2.05) is 12.1 Å². The third-order valence-corrected chi connectivity index (χ3v) is 3.43. The maximum atomic E-state index is 5.75. The molecule has 2 aromatic carbocycles. The predicted molar refractivity (Wildman–Crippen MR) is 79.6 cm³/mol. The Morgan fingerprint density at radius 1 is 1.00 bits per heavy atom. The van der Waals surface area contributed by atoms with Crippen molar-refractivity contribution in [2.75, 3.05) is 13.7 Å². The summed E-state index contributed by atoms with van der Waals surface area (Å²) in [5.41, 5.74) is 8.44. The van der Waals surface area contributed by atoms with E-state index in [4.69, 9.17) is 10.5 Å². The fraction of sp³-hybridized carbons (Fsp3) is 0.294. The number of hydrogen-bond donors (Lipinski definition) is 1. The second kappa shape index (κ2) is 6.95. The highest BCUT2D eigenvalue weighted by molar-refractivity contribution is 5.31. The minimum atomic E-state index is 0.471. The molecule has 1 atom stereocenters. The van der Waals surface area contributed by atoms with E-state index in [1.165, 1.54) is 11.1 Å². The van der Waals surface area contributed by atoms with E-state index in [9.17, 15) is 0 Å². The highest BCUT2D eigenvalue weighted by Crippen LogP contribution is 2.25.